The summed E-state index contributed by atoms with van der Waals surface area (Å²) in [7, 11) is -3.76. The van der Waals surface area contributed by atoms with Crippen molar-refractivity contribution in [2.24, 2.45) is 0 Å². The molecule has 2 rings (SSSR count). The van der Waals surface area contributed by atoms with Crippen LogP contribution in [0.5, 0.6) is 0 Å². The summed E-state index contributed by atoms with van der Waals surface area (Å²) in [6.45, 7) is 0. The highest BCUT2D eigenvalue weighted by Crippen LogP contribution is 2.34. The minimum Gasteiger partial charge on any atom is -0.399 e. The lowest BCUT2D eigenvalue weighted by Crippen LogP contribution is -2.14. The maximum Gasteiger partial charge on any atom is 0.261 e. The summed E-state index contributed by atoms with van der Waals surface area (Å²) >= 11 is 6.53. The second-order valence-electron chi connectivity index (χ2n) is 4.10. The zero-order valence-electron chi connectivity index (χ0n) is 10.5. The number of nitrogens with zero attached hydrogens (tertiary/aromatic N) is 1. The fourth-order valence-electron chi connectivity index (χ4n) is 1.59. The molecular weight excluding hydrogens is 422 g/mol. The van der Waals surface area contributed by atoms with Crippen molar-refractivity contribution in [1.29, 1.82) is 5.26 Å². The van der Waals surface area contributed by atoms with Gasteiger partial charge in [0.15, 0.2) is 0 Å². The second-order valence-corrected chi connectivity index (χ2v) is 7.49. The summed E-state index contributed by atoms with van der Waals surface area (Å²) < 4.78 is 28.2. The average Bonchev–Trinajstić information content (AvgIpc) is 2.43. The molecule has 21 heavy (non-hydrogen) atoms. The van der Waals surface area contributed by atoms with Gasteiger partial charge in [0.2, 0.25) is 0 Å². The maximum absolute atomic E-state index is 12.3. The molecule has 0 saturated heterocycles. The third kappa shape index (κ3) is 3.56. The maximum atomic E-state index is 12.3. The van der Waals surface area contributed by atoms with Crippen LogP contribution in [-0.4, -0.2) is 8.42 Å². The van der Waals surface area contributed by atoms with Crippen LogP contribution in [0.3, 0.4) is 0 Å². The molecule has 2 aromatic rings. The van der Waals surface area contributed by atoms with Crippen molar-refractivity contribution < 1.29 is 8.42 Å². The number of nitriles is 1. The molecule has 108 valence electrons. The molecule has 0 amide bonds. The summed E-state index contributed by atoms with van der Waals surface area (Å²) in [5.74, 6) is 0. The number of hydrogen-bond acceptors (Lipinski definition) is 4. The van der Waals surface area contributed by atoms with Gasteiger partial charge in [-0.15, -0.1) is 0 Å². The van der Waals surface area contributed by atoms with Gasteiger partial charge in [0.05, 0.1) is 22.2 Å². The van der Waals surface area contributed by atoms with E-state index in [4.69, 9.17) is 11.0 Å². The van der Waals surface area contributed by atoms with E-state index in [-0.39, 0.29) is 4.90 Å². The minimum absolute atomic E-state index is 0.0668. The summed E-state index contributed by atoms with van der Waals surface area (Å²) in [6, 6.07) is 10.8. The zero-order chi connectivity index (χ0) is 15.6. The van der Waals surface area contributed by atoms with E-state index in [1.54, 1.807) is 12.1 Å². The molecule has 0 radical (unpaired) electrons. The molecule has 5 nitrogen and oxygen atoms in total. The van der Waals surface area contributed by atoms with Crippen molar-refractivity contribution in [3.8, 4) is 6.07 Å². The fourth-order valence-corrected chi connectivity index (χ4v) is 4.38. The largest absolute Gasteiger partial charge is 0.399 e. The first-order valence-electron chi connectivity index (χ1n) is 5.61. The van der Waals surface area contributed by atoms with Crippen molar-refractivity contribution >= 4 is 53.3 Å². The monoisotopic (exact) mass is 429 g/mol. The number of nitrogens with two attached hydrogens (primary N) is 1. The van der Waals surface area contributed by atoms with Crippen LogP contribution < -0.4 is 10.5 Å². The Morgan fingerprint density at radius 3 is 2.10 bits per heavy atom. The highest BCUT2D eigenvalue weighted by atomic mass is 79.9. The van der Waals surface area contributed by atoms with E-state index in [1.165, 1.54) is 24.3 Å². The standard InChI is InChI=1S/C13H9Br2N3O2S/c14-11-5-9(17)6-12(15)13(11)18-21(19,20)10-3-1-8(7-16)2-4-10/h1-6,18H,17H2. The number of benzene rings is 2. The lowest BCUT2D eigenvalue weighted by atomic mass is 10.2. The first kappa shape index (κ1) is 15.8. The van der Waals surface area contributed by atoms with Gasteiger partial charge in [0.1, 0.15) is 0 Å². The van der Waals surface area contributed by atoms with Gasteiger partial charge in [-0.1, -0.05) is 0 Å². The van der Waals surface area contributed by atoms with E-state index in [0.29, 0.717) is 25.9 Å². The van der Waals surface area contributed by atoms with E-state index >= 15 is 0 Å². The van der Waals surface area contributed by atoms with Gasteiger partial charge in [-0.3, -0.25) is 4.72 Å². The van der Waals surface area contributed by atoms with Crippen molar-refractivity contribution in [2.75, 3.05) is 10.5 Å². The van der Waals surface area contributed by atoms with Crippen molar-refractivity contribution in [3.05, 3.63) is 50.9 Å². The lowest BCUT2D eigenvalue weighted by Gasteiger charge is -2.12. The molecule has 0 bridgehead atoms. The van der Waals surface area contributed by atoms with E-state index in [1.807, 2.05) is 6.07 Å². The van der Waals surface area contributed by atoms with Crippen molar-refractivity contribution in [3.63, 3.8) is 0 Å². The Hall–Kier alpha value is -1.56. The number of anilines is 2. The Morgan fingerprint density at radius 1 is 1.10 bits per heavy atom. The molecule has 0 aliphatic carbocycles. The van der Waals surface area contributed by atoms with Crippen LogP contribution in [0.1, 0.15) is 5.56 Å². The summed E-state index contributed by atoms with van der Waals surface area (Å²) in [5.41, 5.74) is 6.91. The number of hydrogen-bond donors (Lipinski definition) is 2. The molecule has 0 spiro atoms. The van der Waals surface area contributed by atoms with Gasteiger partial charge in [0.25, 0.3) is 10.0 Å². The summed E-state index contributed by atoms with van der Waals surface area (Å²) in [4.78, 5) is 0.0668. The van der Waals surface area contributed by atoms with Crippen LogP contribution in [-0.2, 0) is 10.0 Å². The highest BCUT2D eigenvalue weighted by Gasteiger charge is 2.17. The van der Waals surface area contributed by atoms with E-state index < -0.39 is 10.0 Å². The Morgan fingerprint density at radius 2 is 1.62 bits per heavy atom. The number of rotatable bonds is 3. The number of sulfonamides is 1. The fraction of sp³-hybridized carbons (Fsp3) is 0. The van der Waals surface area contributed by atoms with Crippen molar-refractivity contribution in [1.82, 2.24) is 0 Å². The van der Waals surface area contributed by atoms with Crippen molar-refractivity contribution in [2.45, 2.75) is 4.90 Å². The predicted octanol–water partition coefficient (Wildman–Crippen LogP) is 3.47. The predicted molar refractivity (Wildman–Crippen MR) is 88.2 cm³/mol. The number of nitrogens with one attached hydrogen (secondary N) is 1. The number of nitrogen functional groups attached to an aromatic ring is 1. The molecule has 0 heterocycles. The van der Waals surface area contributed by atoms with Gasteiger partial charge in [0, 0.05) is 14.6 Å². The van der Waals surface area contributed by atoms with Crippen LogP contribution in [0.4, 0.5) is 11.4 Å². The van der Waals surface area contributed by atoms with Crippen LogP contribution in [0.2, 0.25) is 0 Å². The zero-order valence-corrected chi connectivity index (χ0v) is 14.5. The lowest BCUT2D eigenvalue weighted by molar-refractivity contribution is 0.601. The van der Waals surface area contributed by atoms with E-state index in [9.17, 15) is 8.42 Å². The SMILES string of the molecule is N#Cc1ccc(S(=O)(=O)Nc2c(Br)cc(N)cc2Br)cc1. The Labute approximate surface area is 139 Å². The van der Waals surface area contributed by atoms with E-state index in [2.05, 4.69) is 36.6 Å². The molecule has 0 unspecified atom stereocenters. The molecule has 8 heteroatoms. The summed E-state index contributed by atoms with van der Waals surface area (Å²) in [5, 5.41) is 8.73. The van der Waals surface area contributed by atoms with Crippen LogP contribution in [0.15, 0.2) is 50.2 Å². The van der Waals surface area contributed by atoms with E-state index in [0.717, 1.165) is 0 Å². The quantitative estimate of drug-likeness (QED) is 0.728. The van der Waals surface area contributed by atoms with Crippen LogP contribution >= 0.6 is 31.9 Å². The van der Waals surface area contributed by atoms with Gasteiger partial charge in [-0.2, -0.15) is 5.26 Å². The second kappa shape index (κ2) is 6.05. The third-order valence-electron chi connectivity index (χ3n) is 2.59. The molecule has 2 aromatic carbocycles. The molecule has 0 aliphatic rings. The van der Waals surface area contributed by atoms with Gasteiger partial charge in [-0.05, 0) is 68.3 Å². The summed E-state index contributed by atoms with van der Waals surface area (Å²) in [6.07, 6.45) is 0. The van der Waals surface area contributed by atoms with Crippen LogP contribution in [0, 0.1) is 11.3 Å². The number of halogens is 2. The minimum atomic E-state index is -3.76. The molecular formula is C13H9Br2N3O2S. The molecule has 0 fully saturated rings. The molecule has 0 saturated carbocycles. The first-order chi connectivity index (χ1) is 9.83. The van der Waals surface area contributed by atoms with Gasteiger partial charge >= 0.3 is 0 Å². The molecule has 0 aliphatic heterocycles. The normalized spacial score (nSPS) is 10.9. The Balaban J connectivity index is 2.40. The van der Waals surface area contributed by atoms with Gasteiger partial charge in [-0.25, -0.2) is 8.42 Å². The molecule has 0 aromatic heterocycles. The van der Waals surface area contributed by atoms with Gasteiger partial charge < -0.3 is 5.73 Å². The Kier molecular flexibility index (Phi) is 4.56. The highest BCUT2D eigenvalue weighted by molar-refractivity contribution is 9.11. The molecule has 3 N–H and O–H groups in total. The smallest absolute Gasteiger partial charge is 0.261 e. The Bertz CT molecular complexity index is 804. The van der Waals surface area contributed by atoms with Crippen LogP contribution in [0.25, 0.3) is 0 Å². The average molecular weight is 431 g/mol. The third-order valence-corrected chi connectivity index (χ3v) is 5.21. The first-order valence-corrected chi connectivity index (χ1v) is 8.68. The molecule has 0 atom stereocenters. The topological polar surface area (TPSA) is 96.0 Å².